The van der Waals surface area contributed by atoms with Crippen molar-refractivity contribution in [1.29, 1.82) is 0 Å². The van der Waals surface area contributed by atoms with Crippen LogP contribution < -0.4 is 10.1 Å². The molecular weight excluding hydrogens is 419 g/mol. The molecule has 0 radical (unpaired) electrons. The minimum atomic E-state index is -0.429. The summed E-state index contributed by atoms with van der Waals surface area (Å²) >= 11 is 1.36. The summed E-state index contributed by atoms with van der Waals surface area (Å²) in [7, 11) is 1.57. The molecule has 4 aromatic rings. The monoisotopic (exact) mass is 438 g/mol. The zero-order valence-electron chi connectivity index (χ0n) is 16.6. The van der Waals surface area contributed by atoms with Crippen LogP contribution in [-0.4, -0.2) is 41.0 Å². The Kier molecular flexibility index (Phi) is 6.34. The number of anilines is 1. The van der Waals surface area contributed by atoms with Gasteiger partial charge in [0, 0.05) is 12.8 Å². The van der Waals surface area contributed by atoms with Gasteiger partial charge in [-0.25, -0.2) is 9.07 Å². The third-order valence-corrected chi connectivity index (χ3v) is 5.18. The molecule has 2 aromatic heterocycles. The van der Waals surface area contributed by atoms with E-state index in [9.17, 15) is 9.18 Å². The number of benzene rings is 2. The Bertz CT molecular complexity index is 1180. The van der Waals surface area contributed by atoms with E-state index in [1.807, 2.05) is 11.4 Å². The molecule has 31 heavy (non-hydrogen) atoms. The van der Waals surface area contributed by atoms with Crippen LogP contribution in [0.4, 0.5) is 10.1 Å². The summed E-state index contributed by atoms with van der Waals surface area (Å²) in [4.78, 5) is 17.4. The van der Waals surface area contributed by atoms with Crippen molar-refractivity contribution in [1.82, 2.24) is 14.8 Å². The van der Waals surface area contributed by atoms with Crippen molar-refractivity contribution in [2.45, 2.75) is 0 Å². The number of thiophene rings is 1. The molecule has 0 fully saturated rings. The van der Waals surface area contributed by atoms with Gasteiger partial charge in [0.2, 0.25) is 0 Å². The minimum Gasteiger partial charge on any atom is -0.460 e. The number of amides is 1. The lowest BCUT2D eigenvalue weighted by atomic mass is 10.2. The number of halogens is 1. The van der Waals surface area contributed by atoms with Crippen LogP contribution >= 0.6 is 11.3 Å². The van der Waals surface area contributed by atoms with E-state index in [1.165, 1.54) is 22.1 Å². The molecule has 0 unspecified atom stereocenters. The number of ether oxygens (including phenoxy) is 2. The summed E-state index contributed by atoms with van der Waals surface area (Å²) < 4.78 is 26.5. The molecule has 1 amide bonds. The maximum absolute atomic E-state index is 14.5. The first-order valence-corrected chi connectivity index (χ1v) is 10.3. The number of hydrogen-bond donors (Lipinski definition) is 1. The van der Waals surface area contributed by atoms with Crippen molar-refractivity contribution >= 4 is 22.9 Å². The lowest BCUT2D eigenvalue weighted by Gasteiger charge is -2.09. The molecule has 0 aliphatic heterocycles. The van der Waals surface area contributed by atoms with Crippen LogP contribution in [0, 0.1) is 5.82 Å². The SMILES string of the molecule is COCCOc1nc(-c2ccccc2F)n(-c2cccc(NC(=O)c3cccs3)c2)n1. The van der Waals surface area contributed by atoms with E-state index in [4.69, 9.17) is 9.47 Å². The van der Waals surface area contributed by atoms with Gasteiger partial charge in [-0.2, -0.15) is 4.98 Å². The summed E-state index contributed by atoms with van der Waals surface area (Å²) in [6, 6.07) is 17.1. The van der Waals surface area contributed by atoms with E-state index in [-0.39, 0.29) is 29.9 Å². The van der Waals surface area contributed by atoms with Gasteiger partial charge in [0.25, 0.3) is 5.91 Å². The predicted molar refractivity (Wildman–Crippen MR) is 116 cm³/mol. The fourth-order valence-corrected chi connectivity index (χ4v) is 3.50. The second-order valence-electron chi connectivity index (χ2n) is 6.43. The molecule has 9 heteroatoms. The van der Waals surface area contributed by atoms with E-state index in [1.54, 1.807) is 55.6 Å². The molecule has 0 aliphatic rings. The Morgan fingerprint density at radius 1 is 1.13 bits per heavy atom. The summed E-state index contributed by atoms with van der Waals surface area (Å²) in [5.41, 5.74) is 1.45. The van der Waals surface area contributed by atoms with E-state index >= 15 is 0 Å². The molecule has 0 saturated carbocycles. The van der Waals surface area contributed by atoms with Crippen LogP contribution in [-0.2, 0) is 4.74 Å². The fourth-order valence-electron chi connectivity index (χ4n) is 2.88. The third-order valence-electron chi connectivity index (χ3n) is 4.31. The standard InChI is InChI=1S/C22H19FN4O3S/c1-29-11-12-30-22-25-20(17-8-2-3-9-18(17)23)27(26-22)16-7-4-6-15(14-16)24-21(28)19-10-5-13-31-19/h2-10,13-14H,11-12H2,1H3,(H,24,28). The Balaban J connectivity index is 1.69. The van der Waals surface area contributed by atoms with Gasteiger partial charge in [-0.15, -0.1) is 16.4 Å². The highest BCUT2D eigenvalue weighted by atomic mass is 32.1. The van der Waals surface area contributed by atoms with Crippen molar-refractivity contribution in [3.8, 4) is 23.1 Å². The largest absolute Gasteiger partial charge is 0.460 e. The van der Waals surface area contributed by atoms with Crippen LogP contribution in [0.15, 0.2) is 66.0 Å². The molecule has 0 bridgehead atoms. The van der Waals surface area contributed by atoms with Crippen LogP contribution in [0.5, 0.6) is 6.01 Å². The van der Waals surface area contributed by atoms with Gasteiger partial charge in [0.05, 0.1) is 22.7 Å². The average molecular weight is 438 g/mol. The normalized spacial score (nSPS) is 10.8. The second kappa shape index (κ2) is 9.50. The molecule has 0 aliphatic carbocycles. The lowest BCUT2D eigenvalue weighted by molar-refractivity contribution is 0.103. The first kappa shape index (κ1) is 20.7. The number of aromatic nitrogens is 3. The molecule has 1 N–H and O–H groups in total. The van der Waals surface area contributed by atoms with Crippen LogP contribution in [0.1, 0.15) is 9.67 Å². The van der Waals surface area contributed by atoms with Crippen molar-refractivity contribution in [3.05, 3.63) is 76.7 Å². The van der Waals surface area contributed by atoms with Crippen molar-refractivity contribution < 1.29 is 18.7 Å². The Morgan fingerprint density at radius 2 is 2.00 bits per heavy atom. The van der Waals surface area contributed by atoms with Gasteiger partial charge in [-0.05, 0) is 41.8 Å². The number of carbonyl (C=O) groups excluding carboxylic acids is 1. The number of methoxy groups -OCH3 is 1. The van der Waals surface area contributed by atoms with Crippen LogP contribution in [0.2, 0.25) is 0 Å². The summed E-state index contributed by atoms with van der Waals surface area (Å²) in [6.45, 7) is 0.627. The number of nitrogens with zero attached hydrogens (tertiary/aromatic N) is 3. The number of rotatable bonds is 8. The topological polar surface area (TPSA) is 78.3 Å². The summed E-state index contributed by atoms with van der Waals surface area (Å²) in [5, 5.41) is 9.09. The highest BCUT2D eigenvalue weighted by molar-refractivity contribution is 7.12. The first-order valence-electron chi connectivity index (χ1n) is 9.44. The maximum atomic E-state index is 14.5. The Morgan fingerprint density at radius 3 is 2.77 bits per heavy atom. The van der Waals surface area contributed by atoms with Crippen molar-refractivity contribution in [2.24, 2.45) is 0 Å². The smallest absolute Gasteiger partial charge is 0.336 e. The van der Waals surface area contributed by atoms with Gasteiger partial charge >= 0.3 is 6.01 Å². The average Bonchev–Trinajstić information content (AvgIpc) is 3.45. The second-order valence-corrected chi connectivity index (χ2v) is 7.38. The van der Waals surface area contributed by atoms with E-state index in [2.05, 4.69) is 15.4 Å². The van der Waals surface area contributed by atoms with E-state index in [0.717, 1.165) is 0 Å². The third kappa shape index (κ3) is 4.79. The molecule has 4 rings (SSSR count). The molecule has 2 heterocycles. The Hall–Kier alpha value is -3.56. The number of carbonyl (C=O) groups is 1. The molecular formula is C22H19FN4O3S. The predicted octanol–water partition coefficient (Wildman–Crippen LogP) is 4.41. The van der Waals surface area contributed by atoms with Gasteiger partial charge in [-0.1, -0.05) is 24.3 Å². The molecule has 0 atom stereocenters. The number of nitrogens with one attached hydrogen (secondary N) is 1. The van der Waals surface area contributed by atoms with Gasteiger partial charge < -0.3 is 14.8 Å². The molecule has 158 valence electrons. The number of hydrogen-bond acceptors (Lipinski definition) is 6. The van der Waals surface area contributed by atoms with Crippen molar-refractivity contribution in [2.75, 3.05) is 25.6 Å². The zero-order chi connectivity index (χ0) is 21.6. The highest BCUT2D eigenvalue weighted by Crippen LogP contribution is 2.27. The zero-order valence-corrected chi connectivity index (χ0v) is 17.4. The molecule has 0 saturated heterocycles. The summed E-state index contributed by atoms with van der Waals surface area (Å²) in [5.74, 6) is -0.349. The van der Waals surface area contributed by atoms with E-state index in [0.29, 0.717) is 22.9 Å². The Labute approximate surface area is 182 Å². The quantitative estimate of drug-likeness (QED) is 0.412. The van der Waals surface area contributed by atoms with Crippen LogP contribution in [0.25, 0.3) is 17.1 Å². The molecule has 0 spiro atoms. The fraction of sp³-hybridized carbons (Fsp3) is 0.136. The van der Waals surface area contributed by atoms with Crippen LogP contribution in [0.3, 0.4) is 0 Å². The lowest BCUT2D eigenvalue weighted by Crippen LogP contribution is -2.10. The van der Waals surface area contributed by atoms with Gasteiger partial charge in [0.1, 0.15) is 12.4 Å². The van der Waals surface area contributed by atoms with E-state index < -0.39 is 5.82 Å². The molecule has 7 nitrogen and oxygen atoms in total. The highest BCUT2D eigenvalue weighted by Gasteiger charge is 2.18. The first-order chi connectivity index (χ1) is 15.2. The molecule has 2 aromatic carbocycles. The minimum absolute atomic E-state index is 0.100. The maximum Gasteiger partial charge on any atom is 0.336 e. The van der Waals surface area contributed by atoms with Gasteiger partial charge in [-0.3, -0.25) is 4.79 Å². The summed E-state index contributed by atoms with van der Waals surface area (Å²) in [6.07, 6.45) is 0. The van der Waals surface area contributed by atoms with Gasteiger partial charge in [0.15, 0.2) is 5.82 Å². The van der Waals surface area contributed by atoms with Crippen molar-refractivity contribution in [3.63, 3.8) is 0 Å².